The standard InChI is InChI=1S/C57H45N3O/c1-4-11-46(12-5-1)49-28-29-50-51-17-10-18-52(57(51)61-56(50)36-49)55-32-27-42(39-60-55)21-24-45-34-43(22-19-40-25-30-53(58-37-40)47-13-6-2-7-14-47)33-44(35-45)23-20-41-26-31-54(59-38-41)48-15-8-3-9-16-48/h1-18,25-39H,19-24H2/i21D2,22D2,24D2. The zero-order valence-corrected chi connectivity index (χ0v) is 33.4. The molecule has 0 aliphatic rings. The Kier molecular flexibility index (Phi) is 9.00. The van der Waals surface area contributed by atoms with E-state index in [4.69, 9.17) is 14.4 Å². The van der Waals surface area contributed by atoms with Gasteiger partial charge in [-0.25, -0.2) is 0 Å². The maximum Gasteiger partial charge on any atom is 0.144 e. The Morgan fingerprint density at radius 2 is 0.902 bits per heavy atom. The quantitative estimate of drug-likeness (QED) is 0.117. The van der Waals surface area contributed by atoms with Gasteiger partial charge in [0.1, 0.15) is 11.2 Å². The van der Waals surface area contributed by atoms with Gasteiger partial charge in [-0.15, -0.1) is 0 Å². The van der Waals surface area contributed by atoms with Crippen molar-refractivity contribution in [3.63, 3.8) is 0 Å². The molecular weight excluding hydrogens is 743 g/mol. The molecule has 0 aliphatic heterocycles. The monoisotopic (exact) mass is 793 g/mol. The van der Waals surface area contributed by atoms with Crippen molar-refractivity contribution >= 4 is 21.9 Å². The number of furan rings is 1. The molecule has 0 radical (unpaired) electrons. The van der Waals surface area contributed by atoms with Crippen LogP contribution in [-0.4, -0.2) is 15.0 Å². The number of fused-ring (bicyclic) bond motifs is 3. The van der Waals surface area contributed by atoms with E-state index in [0.29, 0.717) is 35.2 Å². The maximum atomic E-state index is 9.51. The molecule has 10 aromatic rings. The summed E-state index contributed by atoms with van der Waals surface area (Å²) in [6.45, 7) is 0. The molecule has 0 fully saturated rings. The molecule has 6 aromatic carbocycles. The van der Waals surface area contributed by atoms with Crippen molar-refractivity contribution in [1.82, 2.24) is 15.0 Å². The first-order chi connectivity index (χ1) is 32.4. The summed E-state index contributed by atoms with van der Waals surface area (Å²) in [7, 11) is 0. The van der Waals surface area contributed by atoms with Gasteiger partial charge in [-0.3, -0.25) is 15.0 Å². The highest BCUT2D eigenvalue weighted by Crippen LogP contribution is 2.37. The summed E-state index contributed by atoms with van der Waals surface area (Å²) in [5, 5.41) is 1.90. The highest BCUT2D eigenvalue weighted by Gasteiger charge is 2.14. The van der Waals surface area contributed by atoms with Gasteiger partial charge in [0.15, 0.2) is 0 Å². The lowest BCUT2D eigenvalue weighted by atomic mass is 9.94. The molecule has 0 amide bonds. The van der Waals surface area contributed by atoms with Crippen LogP contribution in [0.3, 0.4) is 0 Å². The van der Waals surface area contributed by atoms with Crippen LogP contribution in [-0.2, 0) is 38.4 Å². The minimum atomic E-state index is -2.61. The van der Waals surface area contributed by atoms with Gasteiger partial charge in [-0.05, 0) is 119 Å². The van der Waals surface area contributed by atoms with Crippen molar-refractivity contribution in [3.8, 4) is 44.9 Å². The first-order valence-electron chi connectivity index (χ1n) is 23.6. The van der Waals surface area contributed by atoms with E-state index in [0.717, 1.165) is 61.1 Å². The number of hydrogen-bond acceptors (Lipinski definition) is 4. The van der Waals surface area contributed by atoms with Gasteiger partial charge in [0.2, 0.25) is 0 Å². The summed E-state index contributed by atoms with van der Waals surface area (Å²) in [6.07, 6.45) is -1.23. The molecule has 0 bridgehead atoms. The second-order valence-corrected chi connectivity index (χ2v) is 15.2. The van der Waals surface area contributed by atoms with Crippen molar-refractivity contribution in [1.29, 1.82) is 0 Å². The minimum Gasteiger partial charge on any atom is -0.455 e. The number of aromatic nitrogens is 3. The molecule has 10 rings (SSSR count). The summed E-state index contributed by atoms with van der Waals surface area (Å²) >= 11 is 0. The van der Waals surface area contributed by atoms with E-state index in [-0.39, 0.29) is 23.1 Å². The first kappa shape index (κ1) is 31.5. The molecular formula is C57H45N3O. The largest absolute Gasteiger partial charge is 0.455 e. The molecule has 0 spiro atoms. The second-order valence-electron chi connectivity index (χ2n) is 15.2. The third kappa shape index (κ3) is 8.66. The Morgan fingerprint density at radius 3 is 1.54 bits per heavy atom. The Bertz CT molecular complexity index is 3320. The Hall–Kier alpha value is -7.43. The number of para-hydroxylation sites is 1. The molecule has 0 saturated carbocycles. The van der Waals surface area contributed by atoms with Crippen LogP contribution in [0.1, 0.15) is 41.6 Å². The SMILES string of the molecule is [2H]C([2H])(Cc1ccc(-c2ccccc2)nc1)c1cc(CCc2ccc(-c3ccccc3)nc2)cc(C([2H])([2H])C([2H])([2H])c2ccc(-c3cccc4c3oc3cc(-c5ccccc5)ccc34)nc2)c1. The van der Waals surface area contributed by atoms with E-state index in [1.807, 2.05) is 134 Å². The van der Waals surface area contributed by atoms with Crippen molar-refractivity contribution in [3.05, 3.63) is 234 Å². The van der Waals surface area contributed by atoms with Crippen molar-refractivity contribution < 1.29 is 12.6 Å². The van der Waals surface area contributed by atoms with Crippen LogP contribution in [0, 0.1) is 0 Å². The average Bonchev–Trinajstić information content (AvgIpc) is 3.75. The van der Waals surface area contributed by atoms with Gasteiger partial charge >= 0.3 is 0 Å². The summed E-state index contributed by atoms with van der Waals surface area (Å²) in [6, 6.07) is 57.9. The zero-order chi connectivity index (χ0) is 46.2. The second kappa shape index (κ2) is 17.4. The van der Waals surface area contributed by atoms with Crippen LogP contribution in [0.2, 0.25) is 0 Å². The highest BCUT2D eigenvalue weighted by atomic mass is 16.3. The molecule has 0 unspecified atom stereocenters. The molecule has 4 heterocycles. The lowest BCUT2D eigenvalue weighted by molar-refractivity contribution is 0.670. The lowest BCUT2D eigenvalue weighted by Gasteiger charge is -2.12. The maximum absolute atomic E-state index is 9.51. The van der Waals surface area contributed by atoms with E-state index >= 15 is 0 Å². The molecule has 61 heavy (non-hydrogen) atoms. The topological polar surface area (TPSA) is 51.8 Å². The van der Waals surface area contributed by atoms with Crippen molar-refractivity contribution in [2.75, 3.05) is 0 Å². The molecule has 0 aliphatic carbocycles. The third-order valence-corrected chi connectivity index (χ3v) is 11.0. The number of nitrogens with zero attached hydrogens (tertiary/aromatic N) is 3. The van der Waals surface area contributed by atoms with E-state index < -0.39 is 19.1 Å². The predicted octanol–water partition coefficient (Wildman–Crippen LogP) is 13.8. The van der Waals surface area contributed by atoms with Gasteiger partial charge in [-0.1, -0.05) is 146 Å². The smallest absolute Gasteiger partial charge is 0.144 e. The number of aryl methyl sites for hydroxylation is 6. The summed E-state index contributed by atoms with van der Waals surface area (Å²) in [5.74, 6) is 0. The Morgan fingerprint density at radius 1 is 0.361 bits per heavy atom. The van der Waals surface area contributed by atoms with Crippen LogP contribution in [0.4, 0.5) is 0 Å². The summed E-state index contributed by atoms with van der Waals surface area (Å²) < 4.78 is 63.1. The summed E-state index contributed by atoms with van der Waals surface area (Å²) in [4.78, 5) is 14.0. The van der Waals surface area contributed by atoms with E-state index in [1.54, 1.807) is 30.5 Å². The number of pyridine rings is 3. The van der Waals surface area contributed by atoms with Crippen molar-refractivity contribution in [2.45, 2.75) is 38.4 Å². The van der Waals surface area contributed by atoms with E-state index in [1.165, 1.54) is 12.3 Å². The normalized spacial score (nSPS) is 13.5. The molecule has 4 aromatic heterocycles. The highest BCUT2D eigenvalue weighted by molar-refractivity contribution is 6.10. The molecule has 0 N–H and O–H groups in total. The lowest BCUT2D eigenvalue weighted by Crippen LogP contribution is -2.00. The molecule has 0 atom stereocenters. The van der Waals surface area contributed by atoms with Gasteiger partial charge in [-0.2, -0.15) is 0 Å². The van der Waals surface area contributed by atoms with Gasteiger partial charge in [0.25, 0.3) is 0 Å². The van der Waals surface area contributed by atoms with Crippen LogP contribution >= 0.6 is 0 Å². The van der Waals surface area contributed by atoms with E-state index in [2.05, 4.69) is 29.2 Å². The van der Waals surface area contributed by atoms with E-state index in [9.17, 15) is 8.22 Å². The fourth-order valence-electron chi connectivity index (χ4n) is 7.75. The first-order valence-corrected chi connectivity index (χ1v) is 20.6. The molecule has 294 valence electrons. The fraction of sp³-hybridized carbons (Fsp3) is 0.105. The number of rotatable bonds is 13. The minimum absolute atomic E-state index is 0.0176. The Labute approximate surface area is 365 Å². The Balaban J connectivity index is 0.956. The van der Waals surface area contributed by atoms with Gasteiger partial charge in [0, 0.05) is 54.3 Å². The molecule has 0 saturated heterocycles. The van der Waals surface area contributed by atoms with Gasteiger partial charge < -0.3 is 4.42 Å². The fourth-order valence-corrected chi connectivity index (χ4v) is 7.75. The molecule has 4 heteroatoms. The van der Waals surface area contributed by atoms with Crippen LogP contribution in [0.25, 0.3) is 66.8 Å². The van der Waals surface area contributed by atoms with Crippen LogP contribution in [0.15, 0.2) is 205 Å². The van der Waals surface area contributed by atoms with Gasteiger partial charge in [0.05, 0.1) is 17.1 Å². The predicted molar refractivity (Wildman–Crippen MR) is 250 cm³/mol. The number of hydrogen-bond donors (Lipinski definition) is 0. The molecule has 4 nitrogen and oxygen atoms in total. The number of benzene rings is 6. The van der Waals surface area contributed by atoms with Crippen molar-refractivity contribution in [2.24, 2.45) is 0 Å². The summed E-state index contributed by atoms with van der Waals surface area (Å²) in [5.41, 5.74) is 11.1. The zero-order valence-electron chi connectivity index (χ0n) is 39.4. The third-order valence-electron chi connectivity index (χ3n) is 11.0. The van der Waals surface area contributed by atoms with Crippen LogP contribution < -0.4 is 0 Å². The average molecular weight is 794 g/mol. The van der Waals surface area contributed by atoms with Crippen LogP contribution in [0.5, 0.6) is 0 Å².